The van der Waals surface area contributed by atoms with E-state index in [1.165, 1.54) is 0 Å². The highest BCUT2D eigenvalue weighted by molar-refractivity contribution is 6.24. The Labute approximate surface area is 136 Å². The second-order valence-electron chi connectivity index (χ2n) is 6.66. The van der Waals surface area contributed by atoms with Gasteiger partial charge in [0.25, 0.3) is 5.69 Å². The van der Waals surface area contributed by atoms with E-state index in [9.17, 15) is 29.6 Å². The van der Waals surface area contributed by atoms with E-state index in [0.717, 1.165) is 42.4 Å². The number of nitro groups is 1. The maximum atomic E-state index is 12.8. The van der Waals surface area contributed by atoms with Crippen LogP contribution in [-0.4, -0.2) is 27.8 Å². The summed E-state index contributed by atoms with van der Waals surface area (Å²) in [5, 5.41) is 20.3. The van der Waals surface area contributed by atoms with Gasteiger partial charge in [-0.1, -0.05) is 0 Å². The van der Waals surface area contributed by atoms with Crippen molar-refractivity contribution >= 4 is 29.2 Å². The third-order valence-corrected chi connectivity index (χ3v) is 5.59. The molecule has 1 heterocycles. The number of imide groups is 1. The van der Waals surface area contributed by atoms with E-state index in [2.05, 4.69) is 0 Å². The first-order valence-electron chi connectivity index (χ1n) is 7.79. The fraction of sp³-hybridized carbons (Fsp3) is 0.438. The van der Waals surface area contributed by atoms with Gasteiger partial charge in [0.15, 0.2) is 0 Å². The summed E-state index contributed by atoms with van der Waals surface area (Å²) in [5.41, 5.74) is -0.828. The number of nitrogens with zero attached hydrogens (tertiary/aromatic N) is 2. The van der Waals surface area contributed by atoms with Crippen molar-refractivity contribution in [2.45, 2.75) is 19.3 Å². The van der Waals surface area contributed by atoms with Crippen LogP contribution in [0.1, 0.15) is 29.6 Å². The molecule has 2 bridgehead atoms. The summed E-state index contributed by atoms with van der Waals surface area (Å²) in [7, 11) is 0. The molecule has 2 amide bonds. The van der Waals surface area contributed by atoms with Gasteiger partial charge in [-0.3, -0.25) is 19.7 Å². The first-order chi connectivity index (χ1) is 11.4. The van der Waals surface area contributed by atoms with E-state index in [4.69, 9.17) is 0 Å². The molecule has 2 aliphatic carbocycles. The molecular formula is C16H14N2O6. The average molecular weight is 330 g/mol. The number of hydrogen-bond donors (Lipinski definition) is 1. The van der Waals surface area contributed by atoms with Gasteiger partial charge in [0, 0.05) is 12.1 Å². The van der Waals surface area contributed by atoms with Crippen molar-refractivity contribution < 1.29 is 24.4 Å². The van der Waals surface area contributed by atoms with Crippen LogP contribution in [0.5, 0.6) is 0 Å². The van der Waals surface area contributed by atoms with Crippen LogP contribution in [0.4, 0.5) is 11.4 Å². The second kappa shape index (κ2) is 4.86. The summed E-state index contributed by atoms with van der Waals surface area (Å²) in [6.07, 6.45) is 2.67. The lowest BCUT2D eigenvalue weighted by Gasteiger charge is -2.19. The smallest absolute Gasteiger partial charge is 0.337 e. The highest BCUT2D eigenvalue weighted by Gasteiger charge is 2.61. The summed E-state index contributed by atoms with van der Waals surface area (Å²) in [4.78, 5) is 48.2. The largest absolute Gasteiger partial charge is 0.478 e. The number of rotatable bonds is 3. The number of benzene rings is 1. The minimum atomic E-state index is -1.33. The molecule has 24 heavy (non-hydrogen) atoms. The molecule has 1 aliphatic heterocycles. The lowest BCUT2D eigenvalue weighted by molar-refractivity contribution is -0.384. The molecule has 8 heteroatoms. The van der Waals surface area contributed by atoms with E-state index >= 15 is 0 Å². The lowest BCUT2D eigenvalue weighted by atomic mass is 9.81. The van der Waals surface area contributed by atoms with Gasteiger partial charge in [0.2, 0.25) is 11.8 Å². The number of anilines is 1. The number of amides is 2. The van der Waals surface area contributed by atoms with Gasteiger partial charge < -0.3 is 5.11 Å². The Balaban J connectivity index is 1.82. The van der Waals surface area contributed by atoms with Crippen molar-refractivity contribution in [3.05, 3.63) is 33.9 Å². The second-order valence-corrected chi connectivity index (χ2v) is 6.66. The predicted molar refractivity (Wildman–Crippen MR) is 80.4 cm³/mol. The van der Waals surface area contributed by atoms with Crippen molar-refractivity contribution in [1.82, 2.24) is 0 Å². The fourth-order valence-corrected chi connectivity index (χ4v) is 4.65. The van der Waals surface area contributed by atoms with Gasteiger partial charge in [0.05, 0.1) is 28.0 Å². The minimum Gasteiger partial charge on any atom is -0.478 e. The molecule has 4 rings (SSSR count). The van der Waals surface area contributed by atoms with Crippen LogP contribution < -0.4 is 4.90 Å². The van der Waals surface area contributed by atoms with Crippen LogP contribution in [0.2, 0.25) is 0 Å². The molecule has 8 nitrogen and oxygen atoms in total. The molecule has 1 aromatic carbocycles. The maximum Gasteiger partial charge on any atom is 0.337 e. The van der Waals surface area contributed by atoms with Crippen molar-refractivity contribution in [2.75, 3.05) is 4.90 Å². The fourth-order valence-electron chi connectivity index (χ4n) is 4.65. The molecule has 2 saturated carbocycles. The highest BCUT2D eigenvalue weighted by Crippen LogP contribution is 2.56. The lowest BCUT2D eigenvalue weighted by Crippen LogP contribution is -2.34. The van der Waals surface area contributed by atoms with E-state index in [1.54, 1.807) is 0 Å². The number of hydrogen-bond acceptors (Lipinski definition) is 5. The van der Waals surface area contributed by atoms with Gasteiger partial charge in [-0.15, -0.1) is 0 Å². The first-order valence-corrected chi connectivity index (χ1v) is 7.79. The van der Waals surface area contributed by atoms with Gasteiger partial charge in [-0.2, -0.15) is 0 Å². The number of carboxylic acids is 1. The number of nitro benzene ring substituents is 1. The summed E-state index contributed by atoms with van der Waals surface area (Å²) < 4.78 is 0. The zero-order valence-electron chi connectivity index (χ0n) is 12.5. The molecule has 124 valence electrons. The molecule has 3 fully saturated rings. The third kappa shape index (κ3) is 1.82. The van der Waals surface area contributed by atoms with Crippen LogP contribution in [-0.2, 0) is 9.59 Å². The molecule has 3 aliphatic rings. The molecule has 1 saturated heterocycles. The molecule has 0 spiro atoms. The van der Waals surface area contributed by atoms with E-state index in [1.807, 2.05) is 0 Å². The van der Waals surface area contributed by atoms with Crippen LogP contribution in [0.15, 0.2) is 18.2 Å². The molecule has 0 unspecified atom stereocenters. The van der Waals surface area contributed by atoms with Crippen LogP contribution in [0.3, 0.4) is 0 Å². The molecule has 1 aromatic rings. The maximum absolute atomic E-state index is 12.8. The van der Waals surface area contributed by atoms with Gasteiger partial charge in [-0.05, 0) is 37.2 Å². The Morgan fingerprint density at radius 1 is 1.17 bits per heavy atom. The molecule has 4 atom stereocenters. The third-order valence-electron chi connectivity index (χ3n) is 5.59. The molecule has 0 radical (unpaired) electrons. The molecular weight excluding hydrogens is 316 g/mol. The van der Waals surface area contributed by atoms with Gasteiger partial charge in [0.1, 0.15) is 0 Å². The summed E-state index contributed by atoms with van der Waals surface area (Å²) >= 11 is 0. The Morgan fingerprint density at radius 2 is 1.75 bits per heavy atom. The first kappa shape index (κ1) is 14.8. The Kier molecular flexibility index (Phi) is 3.00. The number of carboxylic acid groups (broad SMARTS) is 1. The van der Waals surface area contributed by atoms with Crippen molar-refractivity contribution in [3.8, 4) is 0 Å². The van der Waals surface area contributed by atoms with Crippen LogP contribution in [0.25, 0.3) is 0 Å². The summed E-state index contributed by atoms with van der Waals surface area (Å²) in [5.74, 6) is -2.66. The standard InChI is InChI=1S/C16H14N2O6/c19-14-12-7-1-2-8(5-7)13(12)15(20)17(14)11-6-9(18(23)24)3-4-10(11)16(21)22/h3-4,6-8,12-13H,1-2,5H2,(H,21,22)/t7-,8-,12-,13+/m0/s1. The number of non-ortho nitro benzene ring substituents is 1. The Hall–Kier alpha value is -2.77. The number of carbonyl (C=O) groups is 3. The Bertz CT molecular complexity index is 776. The zero-order valence-corrected chi connectivity index (χ0v) is 12.5. The molecule has 1 N–H and O–H groups in total. The SMILES string of the molecule is O=C(O)c1ccc([N+](=O)[O-])cc1N1C(=O)[C@@H]2[C@H]3CC[C@@H](C3)[C@@H]2C1=O. The van der Waals surface area contributed by atoms with Crippen molar-refractivity contribution in [1.29, 1.82) is 0 Å². The van der Waals surface area contributed by atoms with E-state index in [-0.39, 0.29) is 28.8 Å². The Morgan fingerprint density at radius 3 is 2.25 bits per heavy atom. The minimum absolute atomic E-state index is 0.161. The van der Waals surface area contributed by atoms with E-state index in [0.29, 0.717) is 0 Å². The quantitative estimate of drug-likeness (QED) is 0.513. The normalized spacial score (nSPS) is 30.8. The van der Waals surface area contributed by atoms with Gasteiger partial charge >= 0.3 is 5.97 Å². The predicted octanol–water partition coefficient (Wildman–Crippen LogP) is 1.83. The molecule has 0 aromatic heterocycles. The van der Waals surface area contributed by atoms with Crippen LogP contribution >= 0.6 is 0 Å². The topological polar surface area (TPSA) is 118 Å². The summed E-state index contributed by atoms with van der Waals surface area (Å²) in [6.45, 7) is 0. The highest BCUT2D eigenvalue weighted by atomic mass is 16.6. The number of aromatic carboxylic acids is 1. The number of fused-ring (bicyclic) bond motifs is 5. The van der Waals surface area contributed by atoms with Crippen LogP contribution in [0, 0.1) is 33.8 Å². The summed E-state index contributed by atoms with van der Waals surface area (Å²) in [6, 6.07) is 3.13. The van der Waals surface area contributed by atoms with Crippen molar-refractivity contribution in [3.63, 3.8) is 0 Å². The monoisotopic (exact) mass is 330 g/mol. The average Bonchev–Trinajstić information content (AvgIpc) is 3.20. The van der Waals surface area contributed by atoms with Gasteiger partial charge in [-0.25, -0.2) is 9.69 Å². The number of carbonyl (C=O) groups excluding carboxylic acids is 2. The zero-order chi connectivity index (χ0) is 17.2. The van der Waals surface area contributed by atoms with Crippen molar-refractivity contribution in [2.24, 2.45) is 23.7 Å². The van der Waals surface area contributed by atoms with E-state index < -0.39 is 34.5 Å².